The van der Waals surface area contributed by atoms with Crippen molar-refractivity contribution in [2.24, 2.45) is 0 Å². The highest BCUT2D eigenvalue weighted by Crippen LogP contribution is 2.36. The Morgan fingerprint density at radius 2 is 1.08 bits per heavy atom. The van der Waals surface area contributed by atoms with Crippen molar-refractivity contribution < 1.29 is 0 Å². The van der Waals surface area contributed by atoms with Crippen molar-refractivity contribution in [3.8, 4) is 0 Å². The predicted octanol–water partition coefficient (Wildman–Crippen LogP) is 7.29. The van der Waals surface area contributed by atoms with Crippen LogP contribution >= 0.6 is 0 Å². The first-order chi connectivity index (χ1) is 12.4. The molecule has 0 saturated carbocycles. The molecule has 0 heterocycles. The monoisotopic (exact) mass is 342 g/mol. The molecule has 0 nitrogen and oxygen atoms in total. The van der Waals surface area contributed by atoms with Crippen molar-refractivity contribution in [3.63, 3.8) is 0 Å². The maximum Gasteiger partial charge on any atom is 0.00640 e. The highest BCUT2D eigenvalue weighted by Gasteiger charge is 2.23. The van der Waals surface area contributed by atoms with E-state index < -0.39 is 0 Å². The molecule has 0 amide bonds. The van der Waals surface area contributed by atoms with E-state index in [1.807, 2.05) is 0 Å². The van der Waals surface area contributed by atoms with E-state index in [0.29, 0.717) is 11.8 Å². The molecule has 0 aromatic heterocycles. The Hall–Kier alpha value is -2.34. The van der Waals surface area contributed by atoms with Crippen LogP contribution in [0, 0.1) is 0 Å². The zero-order valence-electron chi connectivity index (χ0n) is 16.7. The SMILES string of the molecule is CC(c1ccccc1)c1ccc(C(C)(C)C)c(C(C)c2ccccc2)c1. The van der Waals surface area contributed by atoms with Crippen LogP contribution in [0.4, 0.5) is 0 Å². The average Bonchev–Trinajstić information content (AvgIpc) is 2.67. The van der Waals surface area contributed by atoms with Crippen molar-refractivity contribution >= 4 is 0 Å². The molecule has 2 unspecified atom stereocenters. The van der Waals surface area contributed by atoms with E-state index in [-0.39, 0.29) is 5.41 Å². The van der Waals surface area contributed by atoms with E-state index in [1.54, 1.807) is 0 Å². The number of hydrogen-bond acceptors (Lipinski definition) is 0. The second kappa shape index (κ2) is 7.50. The largest absolute Gasteiger partial charge is 0.0622 e. The van der Waals surface area contributed by atoms with E-state index in [9.17, 15) is 0 Å². The summed E-state index contributed by atoms with van der Waals surface area (Å²) in [5.74, 6) is 0.778. The Bertz CT molecular complexity index is 838. The summed E-state index contributed by atoms with van der Waals surface area (Å²) in [6, 6.07) is 28.7. The minimum Gasteiger partial charge on any atom is -0.0622 e. The molecule has 26 heavy (non-hydrogen) atoms. The summed E-state index contributed by atoms with van der Waals surface area (Å²) in [6.45, 7) is 11.6. The van der Waals surface area contributed by atoms with Gasteiger partial charge in [-0.1, -0.05) is 113 Å². The summed E-state index contributed by atoms with van der Waals surface area (Å²) in [5, 5.41) is 0. The fourth-order valence-electron chi connectivity index (χ4n) is 3.75. The van der Waals surface area contributed by atoms with Crippen LogP contribution in [-0.4, -0.2) is 0 Å². The van der Waals surface area contributed by atoms with E-state index in [1.165, 1.54) is 27.8 Å². The maximum atomic E-state index is 2.44. The maximum absolute atomic E-state index is 2.44. The van der Waals surface area contributed by atoms with Crippen LogP contribution in [-0.2, 0) is 5.41 Å². The second-order valence-electron chi connectivity index (χ2n) is 8.36. The molecule has 3 aromatic carbocycles. The lowest BCUT2D eigenvalue weighted by Crippen LogP contribution is -2.16. The van der Waals surface area contributed by atoms with E-state index in [4.69, 9.17) is 0 Å². The van der Waals surface area contributed by atoms with Crippen molar-refractivity contribution in [1.29, 1.82) is 0 Å². The minimum atomic E-state index is 0.132. The first-order valence-corrected chi connectivity index (χ1v) is 9.62. The summed E-state index contributed by atoms with van der Waals surface area (Å²) in [5.41, 5.74) is 7.16. The lowest BCUT2D eigenvalue weighted by atomic mass is 9.77. The lowest BCUT2D eigenvalue weighted by molar-refractivity contribution is 0.578. The third-order valence-electron chi connectivity index (χ3n) is 5.45. The van der Waals surface area contributed by atoms with Crippen LogP contribution < -0.4 is 0 Å². The first-order valence-electron chi connectivity index (χ1n) is 9.62. The van der Waals surface area contributed by atoms with Crippen molar-refractivity contribution in [1.82, 2.24) is 0 Å². The van der Waals surface area contributed by atoms with Crippen molar-refractivity contribution in [2.75, 3.05) is 0 Å². The summed E-state index contributed by atoms with van der Waals surface area (Å²) in [6.07, 6.45) is 0. The Balaban J connectivity index is 2.08. The van der Waals surface area contributed by atoms with Crippen LogP contribution in [0.2, 0.25) is 0 Å². The molecule has 0 aliphatic carbocycles. The van der Waals surface area contributed by atoms with Crippen molar-refractivity contribution in [3.05, 3.63) is 107 Å². The summed E-state index contributed by atoms with van der Waals surface area (Å²) >= 11 is 0. The first kappa shape index (κ1) is 18.5. The number of hydrogen-bond donors (Lipinski definition) is 0. The molecule has 0 spiro atoms. The molecule has 0 heteroatoms. The molecule has 134 valence electrons. The number of rotatable bonds is 4. The molecule has 3 rings (SSSR count). The summed E-state index contributed by atoms with van der Waals surface area (Å²) in [7, 11) is 0. The lowest BCUT2D eigenvalue weighted by Gasteiger charge is -2.28. The molecule has 3 aromatic rings. The van der Waals surface area contributed by atoms with Gasteiger partial charge in [-0.3, -0.25) is 0 Å². The van der Waals surface area contributed by atoms with Gasteiger partial charge >= 0.3 is 0 Å². The zero-order valence-corrected chi connectivity index (χ0v) is 16.7. The number of benzene rings is 3. The topological polar surface area (TPSA) is 0 Å². The Morgan fingerprint density at radius 3 is 1.58 bits per heavy atom. The standard InChI is InChI=1S/C26H30/c1-19(21-12-8-6-9-13-21)23-16-17-25(26(3,4)5)24(18-23)20(2)22-14-10-7-11-15-22/h6-20H,1-5H3. The van der Waals surface area contributed by atoms with Gasteiger partial charge in [0.05, 0.1) is 0 Å². The second-order valence-corrected chi connectivity index (χ2v) is 8.36. The van der Waals surface area contributed by atoms with Crippen LogP contribution in [0.3, 0.4) is 0 Å². The van der Waals surface area contributed by atoms with Gasteiger partial charge < -0.3 is 0 Å². The molecule has 2 atom stereocenters. The summed E-state index contributed by atoms with van der Waals surface area (Å²) < 4.78 is 0. The van der Waals surface area contributed by atoms with Crippen LogP contribution in [0.25, 0.3) is 0 Å². The molecule has 0 N–H and O–H groups in total. The Morgan fingerprint density at radius 1 is 0.577 bits per heavy atom. The van der Waals surface area contributed by atoms with Gasteiger partial charge in [0.1, 0.15) is 0 Å². The van der Waals surface area contributed by atoms with Crippen molar-refractivity contribution in [2.45, 2.75) is 51.9 Å². The third kappa shape index (κ3) is 3.90. The normalized spacial score (nSPS) is 14.0. The fourth-order valence-corrected chi connectivity index (χ4v) is 3.75. The molecule has 0 bridgehead atoms. The molecule has 0 radical (unpaired) electrons. The van der Waals surface area contributed by atoms with Crippen LogP contribution in [0.1, 0.15) is 74.3 Å². The molecule has 0 aliphatic heterocycles. The van der Waals surface area contributed by atoms with Gasteiger partial charge in [0.15, 0.2) is 0 Å². The zero-order chi connectivity index (χ0) is 18.7. The molecular weight excluding hydrogens is 312 g/mol. The fraction of sp³-hybridized carbons (Fsp3) is 0.308. The van der Waals surface area contributed by atoms with Gasteiger partial charge in [-0.2, -0.15) is 0 Å². The van der Waals surface area contributed by atoms with Gasteiger partial charge in [-0.15, -0.1) is 0 Å². The van der Waals surface area contributed by atoms with Gasteiger partial charge in [-0.05, 0) is 33.2 Å². The van der Waals surface area contributed by atoms with Crippen LogP contribution in [0.15, 0.2) is 78.9 Å². The average molecular weight is 343 g/mol. The van der Waals surface area contributed by atoms with E-state index in [2.05, 4.69) is 113 Å². The quantitative estimate of drug-likeness (QED) is 0.467. The Kier molecular flexibility index (Phi) is 5.32. The summed E-state index contributed by atoms with van der Waals surface area (Å²) in [4.78, 5) is 0. The smallest absolute Gasteiger partial charge is 0.00640 e. The molecule has 0 fully saturated rings. The third-order valence-corrected chi connectivity index (χ3v) is 5.45. The Labute approximate surface area is 158 Å². The molecule has 0 saturated heterocycles. The van der Waals surface area contributed by atoms with Gasteiger partial charge in [0.25, 0.3) is 0 Å². The van der Waals surface area contributed by atoms with E-state index in [0.717, 1.165) is 0 Å². The molecule has 0 aliphatic rings. The van der Waals surface area contributed by atoms with E-state index >= 15 is 0 Å². The highest BCUT2D eigenvalue weighted by molar-refractivity contribution is 5.45. The molecular formula is C26H30. The minimum absolute atomic E-state index is 0.132. The highest BCUT2D eigenvalue weighted by atomic mass is 14.3. The van der Waals surface area contributed by atoms with Gasteiger partial charge in [0, 0.05) is 11.8 Å². The van der Waals surface area contributed by atoms with Crippen LogP contribution in [0.5, 0.6) is 0 Å². The predicted molar refractivity (Wildman–Crippen MR) is 113 cm³/mol. The van der Waals surface area contributed by atoms with Gasteiger partial charge in [-0.25, -0.2) is 0 Å². The van der Waals surface area contributed by atoms with Gasteiger partial charge in [0.2, 0.25) is 0 Å².